The molecular formula is C12H20ClN5. The van der Waals surface area contributed by atoms with Crippen molar-refractivity contribution in [2.24, 2.45) is 21.8 Å². The Kier molecular flexibility index (Phi) is 6.19. The van der Waals surface area contributed by atoms with Crippen LogP contribution in [-0.2, 0) is 5.41 Å². The van der Waals surface area contributed by atoms with Crippen LogP contribution in [0.25, 0.3) is 0 Å². The predicted octanol–water partition coefficient (Wildman–Crippen LogP) is 1.52. The summed E-state index contributed by atoms with van der Waals surface area (Å²) in [4.78, 5) is 0. The largest absolute Gasteiger partial charge is 0.367 e. The molecule has 5 nitrogen and oxygen atoms in total. The van der Waals surface area contributed by atoms with E-state index in [4.69, 9.17) is 11.6 Å². The number of guanidine groups is 1. The van der Waals surface area contributed by atoms with Gasteiger partial charge in [-0.25, -0.2) is 5.43 Å². The number of nitrogens with two attached hydrogens (primary N) is 2. The fourth-order valence-corrected chi connectivity index (χ4v) is 1.27. The maximum absolute atomic E-state index is 5.32. The number of hydrogen-bond acceptors (Lipinski definition) is 3. The average Bonchev–Trinajstić information content (AvgIpc) is 2.28. The third-order valence-corrected chi connectivity index (χ3v) is 2.31. The highest BCUT2D eigenvalue weighted by Crippen LogP contribution is 2.21. The van der Waals surface area contributed by atoms with Crippen molar-refractivity contribution in [1.29, 1.82) is 0 Å². The Morgan fingerprint density at radius 3 is 2.22 bits per heavy atom. The average molecular weight is 270 g/mol. The van der Waals surface area contributed by atoms with E-state index in [1.54, 1.807) is 6.21 Å². The van der Waals surface area contributed by atoms with Crippen molar-refractivity contribution in [3.63, 3.8) is 0 Å². The lowest BCUT2D eigenvalue weighted by Crippen LogP contribution is -2.28. The van der Waals surface area contributed by atoms with E-state index < -0.39 is 0 Å². The third kappa shape index (κ3) is 5.05. The van der Waals surface area contributed by atoms with Crippen LogP contribution < -0.4 is 17.0 Å². The van der Waals surface area contributed by atoms with Gasteiger partial charge in [0.25, 0.3) is 0 Å². The van der Waals surface area contributed by atoms with E-state index in [1.807, 2.05) is 12.1 Å². The zero-order chi connectivity index (χ0) is 12.9. The SMILES string of the molecule is CC(C)(C)c1ccc(C=NNC(N)=NN)cc1.Cl. The van der Waals surface area contributed by atoms with Crippen LogP contribution in [0.3, 0.4) is 0 Å². The van der Waals surface area contributed by atoms with E-state index >= 15 is 0 Å². The lowest BCUT2D eigenvalue weighted by atomic mass is 9.87. The van der Waals surface area contributed by atoms with Crippen molar-refractivity contribution < 1.29 is 0 Å². The van der Waals surface area contributed by atoms with Gasteiger partial charge in [0, 0.05) is 0 Å². The molecule has 0 saturated carbocycles. The minimum atomic E-state index is 0. The lowest BCUT2D eigenvalue weighted by Gasteiger charge is -2.18. The van der Waals surface area contributed by atoms with Crippen LogP contribution in [0, 0.1) is 0 Å². The second-order valence-electron chi connectivity index (χ2n) is 4.76. The molecule has 0 fully saturated rings. The van der Waals surface area contributed by atoms with Gasteiger partial charge in [0.2, 0.25) is 5.96 Å². The van der Waals surface area contributed by atoms with Gasteiger partial charge in [-0.15, -0.1) is 17.5 Å². The van der Waals surface area contributed by atoms with Crippen LogP contribution in [0.4, 0.5) is 0 Å². The summed E-state index contributed by atoms with van der Waals surface area (Å²) < 4.78 is 0. The number of halogens is 1. The van der Waals surface area contributed by atoms with Crippen LogP contribution in [0.15, 0.2) is 34.5 Å². The molecule has 0 unspecified atom stereocenters. The Balaban J connectivity index is 0.00000289. The quantitative estimate of drug-likeness (QED) is 0.329. The third-order valence-electron chi connectivity index (χ3n) is 2.31. The first-order valence-corrected chi connectivity index (χ1v) is 5.36. The zero-order valence-corrected chi connectivity index (χ0v) is 11.7. The van der Waals surface area contributed by atoms with E-state index in [0.29, 0.717) is 0 Å². The van der Waals surface area contributed by atoms with Gasteiger partial charge in [-0.05, 0) is 16.5 Å². The second-order valence-corrected chi connectivity index (χ2v) is 4.76. The second kappa shape index (κ2) is 6.86. The molecule has 0 amide bonds. The molecule has 1 rings (SSSR count). The molecule has 0 aromatic heterocycles. The first-order valence-electron chi connectivity index (χ1n) is 5.36. The van der Waals surface area contributed by atoms with Crippen molar-refractivity contribution >= 4 is 24.6 Å². The first kappa shape index (κ1) is 16.2. The standard InChI is InChI=1S/C12H19N5.ClH/c1-12(2,3)10-6-4-9(5-7-10)8-15-17-11(13)16-14;/h4-8H,14H2,1-3H3,(H3,13,16,17);1H. The van der Waals surface area contributed by atoms with Crippen molar-refractivity contribution in [3.8, 4) is 0 Å². The molecule has 0 bridgehead atoms. The van der Waals surface area contributed by atoms with E-state index in [0.717, 1.165) is 5.56 Å². The summed E-state index contributed by atoms with van der Waals surface area (Å²) in [7, 11) is 0. The number of nitrogens with zero attached hydrogens (tertiary/aromatic N) is 2. The van der Waals surface area contributed by atoms with Gasteiger partial charge < -0.3 is 11.6 Å². The van der Waals surface area contributed by atoms with E-state index in [-0.39, 0.29) is 23.8 Å². The highest BCUT2D eigenvalue weighted by Gasteiger charge is 2.12. The van der Waals surface area contributed by atoms with E-state index in [1.165, 1.54) is 5.56 Å². The van der Waals surface area contributed by atoms with Crippen molar-refractivity contribution in [3.05, 3.63) is 35.4 Å². The van der Waals surface area contributed by atoms with Crippen LogP contribution in [0.5, 0.6) is 0 Å². The highest BCUT2D eigenvalue weighted by atomic mass is 35.5. The number of benzene rings is 1. The normalized spacial score (nSPS) is 12.3. The Labute approximate surface area is 114 Å². The van der Waals surface area contributed by atoms with Gasteiger partial charge in [-0.3, -0.25) is 0 Å². The summed E-state index contributed by atoms with van der Waals surface area (Å²) in [5.41, 5.74) is 10.2. The number of rotatable bonds is 2. The summed E-state index contributed by atoms with van der Waals surface area (Å²) in [6, 6.07) is 8.17. The van der Waals surface area contributed by atoms with Gasteiger partial charge in [0.1, 0.15) is 0 Å². The van der Waals surface area contributed by atoms with E-state index in [9.17, 15) is 0 Å². The van der Waals surface area contributed by atoms with Gasteiger partial charge >= 0.3 is 0 Å². The number of hydrogen-bond donors (Lipinski definition) is 3. The predicted molar refractivity (Wildman–Crippen MR) is 78.9 cm³/mol. The fraction of sp³-hybridized carbons (Fsp3) is 0.333. The zero-order valence-electron chi connectivity index (χ0n) is 10.8. The topological polar surface area (TPSA) is 88.8 Å². The molecule has 0 saturated heterocycles. The molecule has 100 valence electrons. The molecular weight excluding hydrogens is 250 g/mol. The molecule has 6 heteroatoms. The molecule has 0 spiro atoms. The smallest absolute Gasteiger partial charge is 0.231 e. The summed E-state index contributed by atoms with van der Waals surface area (Å²) in [5.74, 6) is 5.02. The Bertz CT molecular complexity index is 417. The Morgan fingerprint density at radius 2 is 1.78 bits per heavy atom. The number of nitrogens with one attached hydrogen (secondary N) is 1. The fourth-order valence-electron chi connectivity index (χ4n) is 1.27. The van der Waals surface area contributed by atoms with Gasteiger partial charge in [-0.2, -0.15) is 5.10 Å². The Hall–Kier alpha value is -1.75. The monoisotopic (exact) mass is 269 g/mol. The maximum Gasteiger partial charge on any atom is 0.231 e. The van der Waals surface area contributed by atoms with Crippen LogP contribution >= 0.6 is 12.4 Å². The van der Waals surface area contributed by atoms with Crippen LogP contribution in [0.1, 0.15) is 31.9 Å². The molecule has 0 radical (unpaired) electrons. The summed E-state index contributed by atoms with van der Waals surface area (Å²) in [6.07, 6.45) is 1.66. The minimum Gasteiger partial charge on any atom is -0.367 e. The Morgan fingerprint density at radius 1 is 1.22 bits per heavy atom. The molecule has 0 aliphatic heterocycles. The summed E-state index contributed by atoms with van der Waals surface area (Å²) in [5, 5.41) is 7.13. The van der Waals surface area contributed by atoms with Crippen LogP contribution in [-0.4, -0.2) is 12.2 Å². The minimum absolute atomic E-state index is 0. The van der Waals surface area contributed by atoms with Gasteiger partial charge in [-0.1, -0.05) is 45.0 Å². The van der Waals surface area contributed by atoms with Crippen LogP contribution in [0.2, 0.25) is 0 Å². The molecule has 5 N–H and O–H groups in total. The molecule has 0 aliphatic carbocycles. The van der Waals surface area contributed by atoms with Gasteiger partial charge in [0.15, 0.2) is 0 Å². The summed E-state index contributed by atoms with van der Waals surface area (Å²) in [6.45, 7) is 6.53. The number of hydrazone groups is 2. The van der Waals surface area contributed by atoms with Crippen molar-refractivity contribution in [1.82, 2.24) is 5.43 Å². The van der Waals surface area contributed by atoms with E-state index in [2.05, 4.69) is 48.5 Å². The molecule has 0 heterocycles. The maximum atomic E-state index is 5.32. The molecule has 0 atom stereocenters. The molecule has 0 aliphatic rings. The molecule has 18 heavy (non-hydrogen) atoms. The lowest BCUT2D eigenvalue weighted by molar-refractivity contribution is 0.590. The summed E-state index contributed by atoms with van der Waals surface area (Å²) >= 11 is 0. The van der Waals surface area contributed by atoms with Crippen molar-refractivity contribution in [2.75, 3.05) is 0 Å². The molecule has 1 aromatic rings. The molecule has 1 aromatic carbocycles. The van der Waals surface area contributed by atoms with Crippen molar-refractivity contribution in [2.45, 2.75) is 26.2 Å². The van der Waals surface area contributed by atoms with Gasteiger partial charge in [0.05, 0.1) is 6.21 Å². The highest BCUT2D eigenvalue weighted by molar-refractivity contribution is 5.85. The first-order chi connectivity index (χ1) is 7.93.